The van der Waals surface area contributed by atoms with Crippen molar-refractivity contribution in [3.05, 3.63) is 12.2 Å². The lowest BCUT2D eigenvalue weighted by molar-refractivity contribution is 0.316. The number of aromatic nitrogens is 3. The van der Waals surface area contributed by atoms with Crippen molar-refractivity contribution in [3.63, 3.8) is 0 Å². The lowest BCUT2D eigenvalue weighted by atomic mass is 9.82. The smallest absolute Gasteiger partial charge is 0.139 e. The first-order valence-electron chi connectivity index (χ1n) is 4.78. The summed E-state index contributed by atoms with van der Waals surface area (Å²) in [4.78, 5) is 0. The molecule has 4 heteroatoms. The van der Waals surface area contributed by atoms with E-state index in [-0.39, 0.29) is 5.41 Å². The summed E-state index contributed by atoms with van der Waals surface area (Å²) in [6.45, 7) is 4.40. The molecule has 0 aliphatic carbocycles. The van der Waals surface area contributed by atoms with Gasteiger partial charge in [0, 0.05) is 19.0 Å². The molecule has 0 amide bonds. The Morgan fingerprint density at radius 2 is 2.46 bits per heavy atom. The molecule has 1 aliphatic heterocycles. The maximum Gasteiger partial charge on any atom is 0.139 e. The van der Waals surface area contributed by atoms with Gasteiger partial charge >= 0.3 is 0 Å². The van der Waals surface area contributed by atoms with E-state index in [9.17, 15) is 0 Å². The molecule has 0 aromatic carbocycles. The second kappa shape index (κ2) is 3.10. The van der Waals surface area contributed by atoms with E-state index >= 15 is 0 Å². The number of hydrogen-bond acceptors (Lipinski definition) is 3. The molecular formula is C9H16N4. The fraction of sp³-hybridized carbons (Fsp3) is 0.778. The predicted molar refractivity (Wildman–Crippen MR) is 50.5 cm³/mol. The Kier molecular flexibility index (Phi) is 2.07. The van der Waals surface area contributed by atoms with Crippen molar-refractivity contribution in [3.8, 4) is 0 Å². The second-order valence-corrected chi connectivity index (χ2v) is 4.11. The van der Waals surface area contributed by atoms with Gasteiger partial charge in [0.1, 0.15) is 12.2 Å². The molecule has 0 bridgehead atoms. The fourth-order valence-corrected chi connectivity index (χ4v) is 2.08. The average molecular weight is 180 g/mol. The monoisotopic (exact) mass is 180 g/mol. The van der Waals surface area contributed by atoms with Gasteiger partial charge in [-0.25, -0.2) is 0 Å². The van der Waals surface area contributed by atoms with E-state index in [0.29, 0.717) is 0 Å². The largest absolute Gasteiger partial charge is 0.320 e. The fourth-order valence-electron chi connectivity index (χ4n) is 2.08. The first-order valence-corrected chi connectivity index (χ1v) is 4.78. The highest BCUT2D eigenvalue weighted by atomic mass is 15.3. The molecule has 2 rings (SSSR count). The number of piperidine rings is 1. The maximum absolute atomic E-state index is 4.18. The van der Waals surface area contributed by atoms with Crippen molar-refractivity contribution in [2.24, 2.45) is 7.05 Å². The SMILES string of the molecule is Cn1cnnc1C1(C)CCCNC1. The van der Waals surface area contributed by atoms with Crippen LogP contribution in [0, 0.1) is 0 Å². The highest BCUT2D eigenvalue weighted by Gasteiger charge is 2.32. The van der Waals surface area contributed by atoms with Crippen LogP contribution in [0.15, 0.2) is 6.33 Å². The Morgan fingerprint density at radius 1 is 1.62 bits per heavy atom. The maximum atomic E-state index is 4.18. The Hall–Kier alpha value is -0.900. The first-order chi connectivity index (χ1) is 6.22. The Bertz CT molecular complexity index is 286. The minimum absolute atomic E-state index is 0.170. The summed E-state index contributed by atoms with van der Waals surface area (Å²) in [7, 11) is 2.01. The lowest BCUT2D eigenvalue weighted by Gasteiger charge is -2.32. The van der Waals surface area contributed by atoms with Crippen LogP contribution in [-0.2, 0) is 12.5 Å². The van der Waals surface area contributed by atoms with E-state index in [0.717, 1.165) is 18.9 Å². The Balaban J connectivity index is 2.27. The molecule has 13 heavy (non-hydrogen) atoms. The van der Waals surface area contributed by atoms with E-state index in [1.165, 1.54) is 12.8 Å². The van der Waals surface area contributed by atoms with Gasteiger partial charge in [0.15, 0.2) is 0 Å². The summed E-state index contributed by atoms with van der Waals surface area (Å²) in [5, 5.41) is 11.5. The van der Waals surface area contributed by atoms with Crippen LogP contribution in [0.25, 0.3) is 0 Å². The van der Waals surface area contributed by atoms with Gasteiger partial charge in [0.05, 0.1) is 0 Å². The normalized spacial score (nSPS) is 29.1. The molecule has 1 fully saturated rings. The average Bonchev–Trinajstić information content (AvgIpc) is 2.53. The molecule has 0 spiro atoms. The minimum Gasteiger partial charge on any atom is -0.320 e. The third-order valence-corrected chi connectivity index (χ3v) is 2.85. The van der Waals surface area contributed by atoms with Crippen molar-refractivity contribution < 1.29 is 0 Å². The molecule has 4 nitrogen and oxygen atoms in total. The summed E-state index contributed by atoms with van der Waals surface area (Å²) >= 11 is 0. The van der Waals surface area contributed by atoms with Crippen molar-refractivity contribution in [2.45, 2.75) is 25.2 Å². The van der Waals surface area contributed by atoms with Gasteiger partial charge in [-0.1, -0.05) is 6.92 Å². The molecule has 1 aromatic rings. The molecule has 1 aromatic heterocycles. The Labute approximate surface area is 78.4 Å². The molecule has 0 saturated carbocycles. The third-order valence-electron chi connectivity index (χ3n) is 2.85. The van der Waals surface area contributed by atoms with Crippen LogP contribution in [-0.4, -0.2) is 27.9 Å². The molecular weight excluding hydrogens is 164 g/mol. The lowest BCUT2D eigenvalue weighted by Crippen LogP contribution is -2.42. The molecule has 72 valence electrons. The zero-order valence-corrected chi connectivity index (χ0v) is 8.25. The number of aryl methyl sites for hydroxylation is 1. The van der Waals surface area contributed by atoms with Crippen LogP contribution < -0.4 is 5.32 Å². The zero-order valence-electron chi connectivity index (χ0n) is 8.25. The van der Waals surface area contributed by atoms with E-state index in [2.05, 4.69) is 22.4 Å². The van der Waals surface area contributed by atoms with Gasteiger partial charge in [-0.15, -0.1) is 10.2 Å². The predicted octanol–water partition coefficient (Wildman–Crippen LogP) is 0.456. The molecule has 1 N–H and O–H groups in total. The molecule has 1 aliphatic rings. The van der Waals surface area contributed by atoms with Gasteiger partial charge in [-0.3, -0.25) is 0 Å². The highest BCUT2D eigenvalue weighted by Crippen LogP contribution is 2.28. The van der Waals surface area contributed by atoms with Gasteiger partial charge < -0.3 is 9.88 Å². The van der Waals surface area contributed by atoms with Crippen molar-refractivity contribution in [2.75, 3.05) is 13.1 Å². The van der Waals surface area contributed by atoms with E-state index < -0.39 is 0 Å². The molecule has 2 heterocycles. The van der Waals surface area contributed by atoms with Crippen molar-refractivity contribution in [1.82, 2.24) is 20.1 Å². The van der Waals surface area contributed by atoms with Gasteiger partial charge in [-0.2, -0.15) is 0 Å². The number of rotatable bonds is 1. The quantitative estimate of drug-likeness (QED) is 0.682. The number of hydrogen-bond donors (Lipinski definition) is 1. The van der Waals surface area contributed by atoms with E-state index in [1.807, 2.05) is 11.6 Å². The third kappa shape index (κ3) is 1.46. The van der Waals surface area contributed by atoms with Crippen LogP contribution in [0.3, 0.4) is 0 Å². The molecule has 1 saturated heterocycles. The van der Waals surface area contributed by atoms with Crippen LogP contribution in [0.2, 0.25) is 0 Å². The highest BCUT2D eigenvalue weighted by molar-refractivity contribution is 5.08. The zero-order chi connectivity index (χ0) is 9.31. The topological polar surface area (TPSA) is 42.7 Å². The summed E-state index contributed by atoms with van der Waals surface area (Å²) in [6, 6.07) is 0. The molecule has 1 atom stereocenters. The number of nitrogens with zero attached hydrogens (tertiary/aromatic N) is 3. The summed E-state index contributed by atoms with van der Waals surface area (Å²) in [6.07, 6.45) is 4.20. The van der Waals surface area contributed by atoms with Gasteiger partial charge in [0.25, 0.3) is 0 Å². The molecule has 0 radical (unpaired) electrons. The van der Waals surface area contributed by atoms with Crippen LogP contribution in [0.1, 0.15) is 25.6 Å². The molecule has 1 unspecified atom stereocenters. The first kappa shape index (κ1) is 8.69. The van der Waals surface area contributed by atoms with E-state index in [4.69, 9.17) is 0 Å². The minimum atomic E-state index is 0.170. The standard InChI is InChI=1S/C9H16N4/c1-9(4-3-5-10-6-9)8-12-11-7-13(8)2/h7,10H,3-6H2,1-2H3. The summed E-state index contributed by atoms with van der Waals surface area (Å²) < 4.78 is 2.02. The summed E-state index contributed by atoms with van der Waals surface area (Å²) in [5.41, 5.74) is 0.170. The van der Waals surface area contributed by atoms with E-state index in [1.54, 1.807) is 6.33 Å². The van der Waals surface area contributed by atoms with Gasteiger partial charge in [-0.05, 0) is 19.4 Å². The van der Waals surface area contributed by atoms with Crippen LogP contribution >= 0.6 is 0 Å². The summed E-state index contributed by atoms with van der Waals surface area (Å²) in [5.74, 6) is 1.10. The Morgan fingerprint density at radius 3 is 3.00 bits per heavy atom. The van der Waals surface area contributed by atoms with Crippen LogP contribution in [0.5, 0.6) is 0 Å². The second-order valence-electron chi connectivity index (χ2n) is 4.11. The van der Waals surface area contributed by atoms with Gasteiger partial charge in [0.2, 0.25) is 0 Å². The van der Waals surface area contributed by atoms with Crippen LogP contribution in [0.4, 0.5) is 0 Å². The van der Waals surface area contributed by atoms with Crippen molar-refractivity contribution >= 4 is 0 Å². The number of nitrogens with one attached hydrogen (secondary N) is 1. The van der Waals surface area contributed by atoms with Crippen molar-refractivity contribution in [1.29, 1.82) is 0 Å².